The molecule has 1 aliphatic rings. The average molecular weight is 307 g/mol. The van der Waals surface area contributed by atoms with E-state index in [0.717, 1.165) is 18.7 Å². The number of nitrogens with zero attached hydrogens (tertiary/aromatic N) is 2. The first kappa shape index (κ1) is 16.0. The molecule has 1 aromatic carbocycles. The number of hydrogen-bond acceptors (Lipinski definition) is 4. The molecule has 0 atom stereocenters. The minimum atomic E-state index is -3.46. The van der Waals surface area contributed by atoms with Crippen molar-refractivity contribution in [3.63, 3.8) is 0 Å². The molecule has 1 fully saturated rings. The Morgan fingerprint density at radius 1 is 1.29 bits per heavy atom. The Hall–Kier alpha value is -1.42. The molecule has 1 aliphatic heterocycles. The normalized spacial score (nSPS) is 19.0. The van der Waals surface area contributed by atoms with Gasteiger partial charge in [-0.2, -0.15) is 9.98 Å². The lowest BCUT2D eigenvalue weighted by Gasteiger charge is -2.35. The second kappa shape index (κ2) is 6.56. The highest BCUT2D eigenvalue weighted by molar-refractivity contribution is 7.89. The van der Waals surface area contributed by atoms with Crippen LogP contribution in [0.3, 0.4) is 0 Å². The molecule has 21 heavy (non-hydrogen) atoms. The maximum atomic E-state index is 12.2. The van der Waals surface area contributed by atoms with Gasteiger partial charge in [-0.3, -0.25) is 0 Å². The van der Waals surface area contributed by atoms with Gasteiger partial charge in [0.15, 0.2) is 0 Å². The summed E-state index contributed by atoms with van der Waals surface area (Å²) in [5.74, 6) is 0.0102. The molecule has 114 valence electrons. The van der Waals surface area contributed by atoms with Crippen LogP contribution in [0, 0.1) is 11.3 Å². The molecule has 0 amide bonds. The van der Waals surface area contributed by atoms with E-state index in [9.17, 15) is 13.7 Å². The molecule has 0 bridgehead atoms. The number of nitriles is 1. The Bertz CT molecular complexity index is 600. The van der Waals surface area contributed by atoms with E-state index < -0.39 is 15.6 Å². The minimum Gasteiger partial charge on any atom is -0.306 e. The lowest BCUT2D eigenvalue weighted by Crippen LogP contribution is -2.54. The molecule has 0 aliphatic carbocycles. The van der Waals surface area contributed by atoms with Gasteiger partial charge < -0.3 is 4.90 Å². The predicted molar refractivity (Wildman–Crippen MR) is 82.1 cm³/mol. The maximum absolute atomic E-state index is 12.2. The van der Waals surface area contributed by atoms with Gasteiger partial charge in [0.05, 0.1) is 11.8 Å². The molecule has 0 spiro atoms. The van der Waals surface area contributed by atoms with E-state index in [1.807, 2.05) is 37.4 Å². The van der Waals surface area contributed by atoms with Gasteiger partial charge in [-0.05, 0) is 31.9 Å². The highest BCUT2D eigenvalue weighted by atomic mass is 32.2. The summed E-state index contributed by atoms with van der Waals surface area (Å²) >= 11 is 0. The summed E-state index contributed by atoms with van der Waals surface area (Å²) in [7, 11) is -1.48. The third kappa shape index (κ3) is 4.53. The fourth-order valence-electron chi connectivity index (χ4n) is 2.48. The van der Waals surface area contributed by atoms with Gasteiger partial charge in [-0.1, -0.05) is 30.3 Å². The molecule has 0 unspecified atom stereocenters. The molecule has 6 heteroatoms. The van der Waals surface area contributed by atoms with Crippen molar-refractivity contribution in [2.75, 3.05) is 25.9 Å². The number of rotatable bonds is 5. The van der Waals surface area contributed by atoms with Gasteiger partial charge in [0.2, 0.25) is 10.0 Å². The molecule has 1 N–H and O–H groups in total. The number of aryl methyl sites for hydroxylation is 1. The predicted octanol–water partition coefficient (Wildman–Crippen LogP) is 1.14. The zero-order valence-corrected chi connectivity index (χ0v) is 13.1. The first-order valence-electron chi connectivity index (χ1n) is 7.10. The van der Waals surface area contributed by atoms with Crippen molar-refractivity contribution in [3.05, 3.63) is 35.9 Å². The van der Waals surface area contributed by atoms with E-state index in [4.69, 9.17) is 0 Å². The molecular weight excluding hydrogens is 286 g/mol. The lowest BCUT2D eigenvalue weighted by molar-refractivity contribution is 0.213. The van der Waals surface area contributed by atoms with Crippen LogP contribution < -0.4 is 4.72 Å². The summed E-state index contributed by atoms with van der Waals surface area (Å²) in [5.41, 5.74) is 0.0411. The topological polar surface area (TPSA) is 73.2 Å². The van der Waals surface area contributed by atoms with Crippen molar-refractivity contribution in [2.24, 2.45) is 0 Å². The van der Waals surface area contributed by atoms with Crippen molar-refractivity contribution in [3.8, 4) is 6.07 Å². The average Bonchev–Trinajstić information content (AvgIpc) is 2.49. The van der Waals surface area contributed by atoms with Crippen LogP contribution in [-0.2, 0) is 16.4 Å². The molecule has 1 heterocycles. The van der Waals surface area contributed by atoms with Crippen molar-refractivity contribution in [1.29, 1.82) is 5.26 Å². The summed E-state index contributed by atoms with van der Waals surface area (Å²) in [6.45, 7) is 1.46. The number of nitrogens with one attached hydrogen (secondary N) is 1. The van der Waals surface area contributed by atoms with E-state index in [1.54, 1.807) is 0 Å². The molecule has 5 nitrogen and oxygen atoms in total. The largest absolute Gasteiger partial charge is 0.306 e. The van der Waals surface area contributed by atoms with Gasteiger partial charge in [0, 0.05) is 13.1 Å². The summed E-state index contributed by atoms with van der Waals surface area (Å²) < 4.78 is 27.1. The molecule has 1 saturated heterocycles. The third-order valence-corrected chi connectivity index (χ3v) is 5.35. The molecule has 2 rings (SSSR count). The Labute approximate surface area is 126 Å². The van der Waals surface area contributed by atoms with E-state index >= 15 is 0 Å². The van der Waals surface area contributed by atoms with E-state index in [2.05, 4.69) is 15.7 Å². The van der Waals surface area contributed by atoms with E-state index in [0.29, 0.717) is 19.3 Å². The lowest BCUT2D eigenvalue weighted by atomic mass is 9.91. The Morgan fingerprint density at radius 3 is 2.48 bits per heavy atom. The van der Waals surface area contributed by atoms with Crippen molar-refractivity contribution < 1.29 is 8.42 Å². The highest BCUT2D eigenvalue weighted by Gasteiger charge is 2.37. The zero-order valence-electron chi connectivity index (χ0n) is 12.2. The first-order valence-corrected chi connectivity index (χ1v) is 8.75. The number of benzene rings is 1. The van der Waals surface area contributed by atoms with Crippen molar-refractivity contribution in [1.82, 2.24) is 9.62 Å². The first-order chi connectivity index (χ1) is 9.95. The van der Waals surface area contributed by atoms with Gasteiger partial charge in [0.1, 0.15) is 5.54 Å². The summed E-state index contributed by atoms with van der Waals surface area (Å²) in [5, 5.41) is 9.38. The van der Waals surface area contributed by atoms with Crippen LogP contribution in [0.1, 0.15) is 18.4 Å². The fraction of sp³-hybridized carbons (Fsp3) is 0.533. The highest BCUT2D eigenvalue weighted by Crippen LogP contribution is 2.22. The van der Waals surface area contributed by atoms with Crippen LogP contribution in [0.2, 0.25) is 0 Å². The Balaban J connectivity index is 1.98. The second-order valence-corrected chi connectivity index (χ2v) is 7.50. The van der Waals surface area contributed by atoms with Gasteiger partial charge in [-0.25, -0.2) is 8.42 Å². The van der Waals surface area contributed by atoms with Gasteiger partial charge in [-0.15, -0.1) is 0 Å². The summed E-state index contributed by atoms with van der Waals surface area (Å²) in [6, 6.07) is 11.7. The summed E-state index contributed by atoms with van der Waals surface area (Å²) in [6.07, 6.45) is 1.52. The molecular formula is C15H21N3O2S. The van der Waals surface area contributed by atoms with E-state index in [1.165, 1.54) is 0 Å². The molecule has 1 aromatic rings. The number of piperidine rings is 1. The third-order valence-electron chi connectivity index (χ3n) is 3.91. The minimum absolute atomic E-state index is 0.0102. The van der Waals surface area contributed by atoms with Crippen LogP contribution in [0.4, 0.5) is 0 Å². The maximum Gasteiger partial charge on any atom is 0.213 e. The molecule has 0 saturated carbocycles. The number of hydrogen-bond donors (Lipinski definition) is 1. The van der Waals surface area contributed by atoms with Crippen molar-refractivity contribution >= 4 is 10.0 Å². The van der Waals surface area contributed by atoms with Crippen LogP contribution >= 0.6 is 0 Å². The number of likely N-dealkylation sites (tertiary alicyclic amines) is 1. The monoisotopic (exact) mass is 307 g/mol. The van der Waals surface area contributed by atoms with Gasteiger partial charge in [0.25, 0.3) is 0 Å². The quantitative estimate of drug-likeness (QED) is 0.885. The van der Waals surface area contributed by atoms with E-state index in [-0.39, 0.29) is 5.75 Å². The fourth-order valence-corrected chi connectivity index (χ4v) is 3.93. The van der Waals surface area contributed by atoms with Crippen molar-refractivity contribution in [2.45, 2.75) is 24.8 Å². The second-order valence-electron chi connectivity index (χ2n) is 5.65. The van der Waals surface area contributed by atoms with Crippen LogP contribution in [0.5, 0.6) is 0 Å². The number of sulfonamides is 1. The molecule has 0 radical (unpaired) electrons. The standard InChI is InChI=1S/C15H21N3O2S/c1-18-10-8-15(13-16,9-11-18)17-21(19,20)12-7-14-5-3-2-4-6-14/h2-6,17H,7-12H2,1H3. The Kier molecular flexibility index (Phi) is 4.99. The summed E-state index contributed by atoms with van der Waals surface area (Å²) in [4.78, 5) is 2.11. The van der Waals surface area contributed by atoms with Gasteiger partial charge >= 0.3 is 0 Å². The van der Waals surface area contributed by atoms with Crippen LogP contribution in [0.15, 0.2) is 30.3 Å². The molecule has 0 aromatic heterocycles. The smallest absolute Gasteiger partial charge is 0.213 e. The zero-order chi connectivity index (χ0) is 15.3. The SMILES string of the molecule is CN1CCC(C#N)(NS(=O)(=O)CCc2ccccc2)CC1. The van der Waals surface area contributed by atoms with Crippen LogP contribution in [-0.4, -0.2) is 44.7 Å². The van der Waals surface area contributed by atoms with Crippen LogP contribution in [0.25, 0.3) is 0 Å². The Morgan fingerprint density at radius 2 is 1.90 bits per heavy atom.